The molecule has 0 aliphatic rings. The summed E-state index contributed by atoms with van der Waals surface area (Å²) in [5.41, 5.74) is 5.76. The van der Waals surface area contributed by atoms with E-state index >= 15 is 0 Å². The molecule has 0 heterocycles. The Morgan fingerprint density at radius 2 is 1.50 bits per heavy atom. The summed E-state index contributed by atoms with van der Waals surface area (Å²) in [7, 11) is 0. The topological polar surface area (TPSA) is 71.0 Å². The normalized spacial score (nSPS) is 12.2. The van der Waals surface area contributed by atoms with E-state index in [-0.39, 0.29) is 5.92 Å². The first-order valence-electron chi connectivity index (χ1n) is 16.3. The standard InChI is InChI=1S/C40H48N2O4/c1-30(2)42(31(3)4)26-24-37(35-15-9-6-10-16-35)38-28-33(19-22-39(38)46-29-34-12-7-5-8-13-34)14-11-27-45-36-20-17-32(18-21-36)23-25-41-40(43)44/h5-22,28,30-31,37,41H,23-27,29H2,1-4H3,(H,43,44)/t37-/m1/s1. The van der Waals surface area contributed by atoms with Crippen LogP contribution in [0.5, 0.6) is 11.5 Å². The number of benzene rings is 4. The third-order valence-electron chi connectivity index (χ3n) is 8.12. The number of hydrogen-bond acceptors (Lipinski definition) is 4. The predicted molar refractivity (Wildman–Crippen MR) is 188 cm³/mol. The van der Waals surface area contributed by atoms with Gasteiger partial charge in [-0.05, 0) is 99.7 Å². The van der Waals surface area contributed by atoms with Gasteiger partial charge in [-0.25, -0.2) is 4.79 Å². The highest BCUT2D eigenvalue weighted by Gasteiger charge is 2.22. The summed E-state index contributed by atoms with van der Waals surface area (Å²) < 4.78 is 12.5. The molecule has 0 unspecified atom stereocenters. The molecule has 0 aliphatic heterocycles. The first-order valence-corrected chi connectivity index (χ1v) is 16.3. The predicted octanol–water partition coefficient (Wildman–Crippen LogP) is 8.81. The molecule has 0 spiro atoms. The van der Waals surface area contributed by atoms with Crippen LogP contribution in [0, 0.1) is 0 Å². The summed E-state index contributed by atoms with van der Waals surface area (Å²) >= 11 is 0. The Hall–Kier alpha value is -4.55. The van der Waals surface area contributed by atoms with Gasteiger partial charge in [-0.15, -0.1) is 0 Å². The van der Waals surface area contributed by atoms with Gasteiger partial charge >= 0.3 is 6.09 Å². The van der Waals surface area contributed by atoms with Crippen LogP contribution in [-0.4, -0.2) is 47.9 Å². The number of rotatable bonds is 17. The number of carboxylic acid groups (broad SMARTS) is 1. The van der Waals surface area contributed by atoms with Crippen molar-refractivity contribution in [3.05, 3.63) is 137 Å². The summed E-state index contributed by atoms with van der Waals surface area (Å²) in [5.74, 6) is 1.85. The van der Waals surface area contributed by atoms with E-state index in [1.54, 1.807) is 0 Å². The van der Waals surface area contributed by atoms with Gasteiger partial charge in [-0.2, -0.15) is 0 Å². The first kappa shape index (κ1) is 34.3. The van der Waals surface area contributed by atoms with Crippen molar-refractivity contribution in [2.75, 3.05) is 19.7 Å². The Labute approximate surface area is 274 Å². The monoisotopic (exact) mass is 620 g/mol. The maximum atomic E-state index is 10.7. The van der Waals surface area contributed by atoms with Gasteiger partial charge in [-0.1, -0.05) is 84.9 Å². The molecule has 0 saturated heterocycles. The minimum absolute atomic E-state index is 0.167. The Bertz CT molecular complexity index is 1490. The van der Waals surface area contributed by atoms with Crippen LogP contribution in [0.1, 0.15) is 67.9 Å². The van der Waals surface area contributed by atoms with Crippen LogP contribution in [0.4, 0.5) is 4.79 Å². The molecular weight excluding hydrogens is 572 g/mol. The van der Waals surface area contributed by atoms with Crippen LogP contribution in [0.15, 0.2) is 109 Å². The Morgan fingerprint density at radius 3 is 2.15 bits per heavy atom. The molecular formula is C40H48N2O4. The zero-order valence-corrected chi connectivity index (χ0v) is 27.6. The molecule has 6 nitrogen and oxygen atoms in total. The highest BCUT2D eigenvalue weighted by molar-refractivity contribution is 5.64. The van der Waals surface area contributed by atoms with Crippen molar-refractivity contribution in [2.24, 2.45) is 0 Å². The van der Waals surface area contributed by atoms with Gasteiger partial charge in [0, 0.05) is 30.1 Å². The lowest BCUT2D eigenvalue weighted by molar-refractivity contribution is 0.170. The summed E-state index contributed by atoms with van der Waals surface area (Å²) in [6.07, 6.45) is 4.74. The van der Waals surface area contributed by atoms with Gasteiger partial charge in [0.25, 0.3) is 0 Å². The fraction of sp³-hybridized carbons (Fsp3) is 0.325. The Balaban J connectivity index is 1.53. The number of nitrogens with one attached hydrogen (secondary N) is 1. The Morgan fingerprint density at radius 1 is 0.826 bits per heavy atom. The third-order valence-corrected chi connectivity index (χ3v) is 8.12. The molecule has 6 heteroatoms. The molecule has 0 saturated carbocycles. The minimum Gasteiger partial charge on any atom is -0.490 e. The second-order valence-electron chi connectivity index (χ2n) is 12.1. The maximum absolute atomic E-state index is 10.7. The molecule has 1 amide bonds. The van der Waals surface area contributed by atoms with Crippen molar-refractivity contribution in [1.82, 2.24) is 10.2 Å². The number of ether oxygens (including phenoxy) is 2. The van der Waals surface area contributed by atoms with E-state index in [9.17, 15) is 4.79 Å². The summed E-state index contributed by atoms with van der Waals surface area (Å²) in [6, 6.07) is 36.3. The quantitative estimate of drug-likeness (QED) is 0.123. The van der Waals surface area contributed by atoms with Gasteiger partial charge in [0.15, 0.2) is 0 Å². The molecule has 4 aromatic carbocycles. The Kier molecular flexibility index (Phi) is 13.3. The van der Waals surface area contributed by atoms with Gasteiger partial charge in [0.1, 0.15) is 24.7 Å². The third kappa shape index (κ3) is 10.8. The summed E-state index contributed by atoms with van der Waals surface area (Å²) in [5, 5.41) is 11.1. The summed E-state index contributed by atoms with van der Waals surface area (Å²) in [6.45, 7) is 11.4. The first-order chi connectivity index (χ1) is 22.3. The average molecular weight is 621 g/mol. The van der Waals surface area contributed by atoms with Crippen LogP contribution < -0.4 is 14.8 Å². The number of amides is 1. The zero-order valence-electron chi connectivity index (χ0n) is 27.6. The minimum atomic E-state index is -1.01. The lowest BCUT2D eigenvalue weighted by Gasteiger charge is -2.32. The fourth-order valence-corrected chi connectivity index (χ4v) is 5.78. The molecule has 242 valence electrons. The number of hydrogen-bond donors (Lipinski definition) is 2. The van der Waals surface area contributed by atoms with Crippen molar-refractivity contribution < 1.29 is 19.4 Å². The van der Waals surface area contributed by atoms with Crippen molar-refractivity contribution in [1.29, 1.82) is 0 Å². The van der Waals surface area contributed by atoms with Crippen LogP contribution in [0.2, 0.25) is 0 Å². The SMILES string of the molecule is CC(C)N(CC[C@H](c1ccccc1)c1cc(C=CCOc2ccc(CCNC(=O)O)cc2)ccc1OCc1ccccc1)C(C)C. The second-order valence-corrected chi connectivity index (χ2v) is 12.1. The van der Waals surface area contributed by atoms with E-state index < -0.39 is 6.09 Å². The molecule has 46 heavy (non-hydrogen) atoms. The van der Waals surface area contributed by atoms with Gasteiger partial charge in [0.2, 0.25) is 0 Å². The molecule has 0 aliphatic carbocycles. The van der Waals surface area contributed by atoms with Crippen LogP contribution in [-0.2, 0) is 13.0 Å². The van der Waals surface area contributed by atoms with E-state index in [0.29, 0.717) is 38.3 Å². The molecule has 4 rings (SSSR count). The molecule has 0 bridgehead atoms. The highest BCUT2D eigenvalue weighted by atomic mass is 16.5. The maximum Gasteiger partial charge on any atom is 0.404 e. The van der Waals surface area contributed by atoms with Crippen LogP contribution in [0.25, 0.3) is 6.08 Å². The molecule has 2 N–H and O–H groups in total. The van der Waals surface area contributed by atoms with Crippen molar-refractivity contribution in [2.45, 2.75) is 65.1 Å². The van der Waals surface area contributed by atoms with E-state index in [1.807, 2.05) is 48.5 Å². The number of carbonyl (C=O) groups is 1. The molecule has 0 radical (unpaired) electrons. The van der Waals surface area contributed by atoms with Crippen LogP contribution in [0.3, 0.4) is 0 Å². The second kappa shape index (κ2) is 17.8. The average Bonchev–Trinajstić information content (AvgIpc) is 3.05. The molecule has 0 fully saturated rings. The van der Waals surface area contributed by atoms with Gasteiger partial charge in [0.05, 0.1) is 0 Å². The van der Waals surface area contributed by atoms with Crippen LogP contribution >= 0.6 is 0 Å². The van der Waals surface area contributed by atoms with Gasteiger partial charge in [-0.3, -0.25) is 4.90 Å². The van der Waals surface area contributed by atoms with E-state index in [2.05, 4.69) is 105 Å². The smallest absolute Gasteiger partial charge is 0.404 e. The van der Waals surface area contributed by atoms with E-state index in [4.69, 9.17) is 14.6 Å². The van der Waals surface area contributed by atoms with Crippen molar-refractivity contribution >= 4 is 12.2 Å². The summed E-state index contributed by atoms with van der Waals surface area (Å²) in [4.78, 5) is 13.2. The largest absolute Gasteiger partial charge is 0.490 e. The van der Waals surface area contributed by atoms with Crippen molar-refractivity contribution in [3.8, 4) is 11.5 Å². The van der Waals surface area contributed by atoms with Crippen molar-refractivity contribution in [3.63, 3.8) is 0 Å². The fourth-order valence-electron chi connectivity index (χ4n) is 5.78. The molecule has 0 aromatic heterocycles. The molecule has 4 aromatic rings. The number of nitrogens with zero attached hydrogens (tertiary/aromatic N) is 1. The molecule has 1 atom stereocenters. The lowest BCUT2D eigenvalue weighted by atomic mass is 9.86. The lowest BCUT2D eigenvalue weighted by Crippen LogP contribution is -2.38. The van der Waals surface area contributed by atoms with E-state index in [0.717, 1.165) is 41.2 Å². The zero-order chi connectivity index (χ0) is 32.7. The van der Waals surface area contributed by atoms with Gasteiger partial charge < -0.3 is 19.9 Å². The van der Waals surface area contributed by atoms with E-state index in [1.165, 1.54) is 11.1 Å². The highest BCUT2D eigenvalue weighted by Crippen LogP contribution is 2.36.